The summed E-state index contributed by atoms with van der Waals surface area (Å²) < 4.78 is 38.1. The summed E-state index contributed by atoms with van der Waals surface area (Å²) in [6.07, 6.45) is 1.65. The average molecular weight is 313 g/mol. The topological polar surface area (TPSA) is 47.0 Å². The van der Waals surface area contributed by atoms with Crippen molar-refractivity contribution in [2.24, 2.45) is 0 Å². The molecule has 110 valence electrons. The van der Waals surface area contributed by atoms with Crippen LogP contribution in [0.15, 0.2) is 82.7 Å². The summed E-state index contributed by atoms with van der Waals surface area (Å²) in [5, 5.41) is 0. The molecule has 0 atom stereocenters. The maximum absolute atomic E-state index is 13.0. The van der Waals surface area contributed by atoms with Gasteiger partial charge in [0.1, 0.15) is 5.82 Å². The molecule has 5 heteroatoms. The van der Waals surface area contributed by atoms with Gasteiger partial charge in [0.2, 0.25) is 9.84 Å². The highest BCUT2D eigenvalue weighted by Gasteiger charge is 2.18. The molecule has 0 amide bonds. The van der Waals surface area contributed by atoms with Crippen LogP contribution in [-0.2, 0) is 9.84 Å². The van der Waals surface area contributed by atoms with Gasteiger partial charge >= 0.3 is 0 Å². The lowest BCUT2D eigenvalue weighted by Gasteiger charge is -2.07. The van der Waals surface area contributed by atoms with Crippen LogP contribution < -0.4 is 0 Å². The fourth-order valence-electron chi connectivity index (χ4n) is 2.11. The van der Waals surface area contributed by atoms with E-state index in [0.29, 0.717) is 11.3 Å². The highest BCUT2D eigenvalue weighted by Crippen LogP contribution is 2.25. The molecule has 0 unspecified atom stereocenters. The van der Waals surface area contributed by atoms with Crippen LogP contribution in [0.1, 0.15) is 0 Å². The van der Waals surface area contributed by atoms with Crippen molar-refractivity contribution in [3.05, 3.63) is 78.7 Å². The maximum atomic E-state index is 13.0. The van der Waals surface area contributed by atoms with Crippen LogP contribution in [0.4, 0.5) is 4.39 Å². The molecule has 0 bridgehead atoms. The lowest BCUT2D eigenvalue weighted by Crippen LogP contribution is -2.02. The third kappa shape index (κ3) is 2.76. The number of hydrogen-bond acceptors (Lipinski definition) is 3. The molecule has 0 fully saturated rings. The van der Waals surface area contributed by atoms with Crippen molar-refractivity contribution >= 4 is 9.84 Å². The zero-order valence-electron chi connectivity index (χ0n) is 11.5. The monoisotopic (exact) mass is 313 g/mol. The molecule has 22 heavy (non-hydrogen) atoms. The summed E-state index contributed by atoms with van der Waals surface area (Å²) in [5.74, 6) is -0.471. The predicted molar refractivity (Wildman–Crippen MR) is 81.5 cm³/mol. The van der Waals surface area contributed by atoms with Gasteiger partial charge in [-0.15, -0.1) is 0 Å². The smallest absolute Gasteiger partial charge is 0.206 e. The molecule has 0 radical (unpaired) electrons. The molecule has 0 saturated heterocycles. The van der Waals surface area contributed by atoms with Crippen molar-refractivity contribution in [3.63, 3.8) is 0 Å². The molecule has 0 aliphatic heterocycles. The number of benzene rings is 2. The van der Waals surface area contributed by atoms with Gasteiger partial charge < -0.3 is 0 Å². The molecule has 1 heterocycles. The van der Waals surface area contributed by atoms with Crippen molar-refractivity contribution in [1.29, 1.82) is 0 Å². The summed E-state index contributed by atoms with van der Waals surface area (Å²) in [6.45, 7) is 0. The Labute approximate surface area is 128 Å². The number of rotatable bonds is 3. The van der Waals surface area contributed by atoms with E-state index in [4.69, 9.17) is 0 Å². The fourth-order valence-corrected chi connectivity index (χ4v) is 3.41. The van der Waals surface area contributed by atoms with E-state index < -0.39 is 15.7 Å². The Morgan fingerprint density at radius 3 is 2.27 bits per heavy atom. The van der Waals surface area contributed by atoms with Crippen LogP contribution in [0, 0.1) is 5.82 Å². The van der Waals surface area contributed by atoms with Gasteiger partial charge in [0, 0.05) is 11.8 Å². The molecular formula is C17H12FNO2S. The van der Waals surface area contributed by atoms with Crippen LogP contribution in [-0.4, -0.2) is 13.4 Å². The minimum atomic E-state index is -3.68. The Morgan fingerprint density at radius 2 is 1.59 bits per heavy atom. The van der Waals surface area contributed by atoms with Crippen molar-refractivity contribution in [3.8, 4) is 11.3 Å². The Bertz CT molecular complexity index is 891. The van der Waals surface area contributed by atoms with Gasteiger partial charge in [-0.3, -0.25) is 4.98 Å². The lowest BCUT2D eigenvalue weighted by atomic mass is 10.1. The zero-order valence-corrected chi connectivity index (χ0v) is 12.3. The summed E-state index contributed by atoms with van der Waals surface area (Å²) in [4.78, 5) is 4.43. The third-order valence-corrected chi connectivity index (χ3v) is 5.00. The van der Waals surface area contributed by atoms with Gasteiger partial charge in [-0.2, -0.15) is 0 Å². The first kappa shape index (κ1) is 14.4. The SMILES string of the molecule is O=S(=O)(c1ccc(F)cc1)c1cccc(-c2ccccn2)c1. The molecule has 2 aromatic carbocycles. The average Bonchev–Trinajstić information content (AvgIpc) is 2.56. The van der Waals surface area contributed by atoms with Gasteiger partial charge in [-0.1, -0.05) is 18.2 Å². The molecule has 3 aromatic rings. The number of aromatic nitrogens is 1. The van der Waals surface area contributed by atoms with Crippen molar-refractivity contribution < 1.29 is 12.8 Å². The first-order valence-electron chi connectivity index (χ1n) is 6.59. The molecule has 0 aliphatic rings. The van der Waals surface area contributed by atoms with Crippen LogP contribution in [0.25, 0.3) is 11.3 Å². The summed E-state index contributed by atoms with van der Waals surface area (Å²) >= 11 is 0. The number of sulfone groups is 1. The summed E-state index contributed by atoms with van der Waals surface area (Å²) in [6, 6.07) is 16.8. The second-order valence-electron chi connectivity index (χ2n) is 4.70. The maximum Gasteiger partial charge on any atom is 0.206 e. The Kier molecular flexibility index (Phi) is 3.73. The third-order valence-electron chi connectivity index (χ3n) is 3.23. The predicted octanol–water partition coefficient (Wildman–Crippen LogP) is 3.72. The Hall–Kier alpha value is -2.53. The van der Waals surface area contributed by atoms with Crippen LogP contribution >= 0.6 is 0 Å². The zero-order chi connectivity index (χ0) is 15.6. The van der Waals surface area contributed by atoms with E-state index in [1.165, 1.54) is 18.2 Å². The van der Waals surface area contributed by atoms with Gasteiger partial charge in [0.05, 0.1) is 15.5 Å². The molecule has 3 rings (SSSR count). The number of pyridine rings is 1. The Balaban J connectivity index is 2.07. The van der Waals surface area contributed by atoms with Crippen LogP contribution in [0.2, 0.25) is 0 Å². The lowest BCUT2D eigenvalue weighted by molar-refractivity contribution is 0.595. The van der Waals surface area contributed by atoms with Crippen molar-refractivity contribution in [2.45, 2.75) is 9.79 Å². The van der Waals surface area contributed by atoms with E-state index in [9.17, 15) is 12.8 Å². The van der Waals surface area contributed by atoms with Crippen LogP contribution in [0.5, 0.6) is 0 Å². The van der Waals surface area contributed by atoms with Gasteiger partial charge in [-0.25, -0.2) is 12.8 Å². The van der Waals surface area contributed by atoms with E-state index >= 15 is 0 Å². The molecule has 1 aromatic heterocycles. The van der Waals surface area contributed by atoms with Gasteiger partial charge in [0.25, 0.3) is 0 Å². The number of halogens is 1. The summed E-state index contributed by atoms with van der Waals surface area (Å²) in [7, 11) is -3.68. The molecular weight excluding hydrogens is 301 g/mol. The molecule has 0 spiro atoms. The second kappa shape index (κ2) is 5.69. The van der Waals surface area contributed by atoms with Gasteiger partial charge in [0.15, 0.2) is 0 Å². The van der Waals surface area contributed by atoms with E-state index in [-0.39, 0.29) is 9.79 Å². The largest absolute Gasteiger partial charge is 0.256 e. The first-order chi connectivity index (χ1) is 10.6. The fraction of sp³-hybridized carbons (Fsp3) is 0. The van der Waals surface area contributed by atoms with Crippen molar-refractivity contribution in [1.82, 2.24) is 4.98 Å². The highest BCUT2D eigenvalue weighted by atomic mass is 32.2. The standard InChI is InChI=1S/C17H12FNO2S/c18-14-7-9-15(10-8-14)22(20,21)16-5-3-4-13(12-16)17-6-1-2-11-19-17/h1-12H. The van der Waals surface area contributed by atoms with E-state index in [1.807, 2.05) is 12.1 Å². The number of hydrogen-bond donors (Lipinski definition) is 0. The van der Waals surface area contributed by atoms with Gasteiger partial charge in [-0.05, 0) is 48.5 Å². The van der Waals surface area contributed by atoms with E-state index in [0.717, 1.165) is 12.1 Å². The van der Waals surface area contributed by atoms with Crippen LogP contribution in [0.3, 0.4) is 0 Å². The normalized spacial score (nSPS) is 11.3. The minimum absolute atomic E-state index is 0.0621. The number of nitrogens with zero attached hydrogens (tertiary/aromatic N) is 1. The van der Waals surface area contributed by atoms with E-state index in [1.54, 1.807) is 30.5 Å². The molecule has 0 aliphatic carbocycles. The first-order valence-corrected chi connectivity index (χ1v) is 8.08. The molecule has 0 N–H and O–H groups in total. The quantitative estimate of drug-likeness (QED) is 0.692. The highest BCUT2D eigenvalue weighted by molar-refractivity contribution is 7.91. The molecule has 0 saturated carbocycles. The minimum Gasteiger partial charge on any atom is -0.256 e. The second-order valence-corrected chi connectivity index (χ2v) is 6.65. The summed E-state index contributed by atoms with van der Waals surface area (Å²) in [5.41, 5.74) is 1.41. The van der Waals surface area contributed by atoms with Crippen molar-refractivity contribution in [2.75, 3.05) is 0 Å². The molecule has 3 nitrogen and oxygen atoms in total. The van der Waals surface area contributed by atoms with E-state index in [2.05, 4.69) is 4.98 Å². The Morgan fingerprint density at radius 1 is 0.818 bits per heavy atom.